The van der Waals surface area contributed by atoms with Crippen LogP contribution in [0.1, 0.15) is 37.6 Å². The van der Waals surface area contributed by atoms with E-state index in [2.05, 4.69) is 39.6 Å². The van der Waals surface area contributed by atoms with Crippen molar-refractivity contribution in [2.45, 2.75) is 39.2 Å². The monoisotopic (exact) mass is 288 g/mol. The summed E-state index contributed by atoms with van der Waals surface area (Å²) < 4.78 is 5.70. The number of ether oxygens (including phenoxy) is 1. The summed E-state index contributed by atoms with van der Waals surface area (Å²) in [4.78, 5) is 4.09. The van der Waals surface area contributed by atoms with Gasteiger partial charge in [-0.15, -0.1) is 0 Å². The lowest BCUT2D eigenvalue weighted by atomic mass is 10.2. The molecule has 0 bridgehead atoms. The number of rotatable bonds is 10. The van der Waals surface area contributed by atoms with Crippen LogP contribution in [0.4, 0.5) is 0 Å². The van der Waals surface area contributed by atoms with Gasteiger partial charge >= 0.3 is 0 Å². The smallest absolute Gasteiger partial charge is 0.137 e. The van der Waals surface area contributed by atoms with Crippen molar-refractivity contribution in [2.24, 2.45) is 0 Å². The topological polar surface area (TPSA) is 62.8 Å². The molecule has 0 spiro atoms. The first kappa shape index (κ1) is 15.5. The van der Waals surface area contributed by atoms with Gasteiger partial charge in [0, 0.05) is 19.5 Å². The molecular weight excluding hydrogens is 264 g/mol. The van der Waals surface area contributed by atoms with Crippen LogP contribution in [0.3, 0.4) is 0 Å². The molecule has 1 aromatic carbocycles. The van der Waals surface area contributed by atoms with Crippen LogP contribution in [0.2, 0.25) is 0 Å². The highest BCUT2D eigenvalue weighted by Gasteiger charge is 1.98. The molecule has 0 fully saturated rings. The minimum Gasteiger partial charge on any atom is -0.494 e. The highest BCUT2D eigenvalue weighted by Crippen LogP contribution is 2.12. The lowest BCUT2D eigenvalue weighted by Crippen LogP contribution is -2.17. The Kier molecular flexibility index (Phi) is 6.74. The molecule has 114 valence electrons. The highest BCUT2D eigenvalue weighted by molar-refractivity contribution is 5.27. The van der Waals surface area contributed by atoms with Crippen LogP contribution in [0.5, 0.6) is 5.75 Å². The number of H-pyrrole nitrogens is 1. The van der Waals surface area contributed by atoms with E-state index in [9.17, 15) is 0 Å². The fourth-order valence-corrected chi connectivity index (χ4v) is 2.04. The fraction of sp³-hybridized carbons (Fsp3) is 0.500. The van der Waals surface area contributed by atoms with Crippen molar-refractivity contribution in [1.29, 1.82) is 0 Å². The number of hydrogen-bond acceptors (Lipinski definition) is 4. The molecule has 0 saturated carbocycles. The minimum atomic E-state index is 0.808. The Hall–Kier alpha value is -1.88. The zero-order chi connectivity index (χ0) is 14.8. The molecule has 2 rings (SSSR count). The molecule has 5 nitrogen and oxygen atoms in total. The van der Waals surface area contributed by atoms with Gasteiger partial charge in [0.2, 0.25) is 0 Å². The first-order valence-electron chi connectivity index (χ1n) is 7.65. The van der Waals surface area contributed by atoms with Gasteiger partial charge in [-0.25, -0.2) is 4.98 Å². The van der Waals surface area contributed by atoms with Crippen molar-refractivity contribution in [2.75, 3.05) is 13.2 Å². The zero-order valence-electron chi connectivity index (χ0n) is 12.6. The zero-order valence-corrected chi connectivity index (χ0v) is 12.6. The summed E-state index contributed by atoms with van der Waals surface area (Å²) >= 11 is 0. The van der Waals surface area contributed by atoms with Crippen LogP contribution >= 0.6 is 0 Å². The summed E-state index contributed by atoms with van der Waals surface area (Å²) in [5.74, 6) is 1.87. The van der Waals surface area contributed by atoms with Crippen LogP contribution in [0.15, 0.2) is 30.6 Å². The standard InChI is InChI=1S/C16H24N4O/c1-2-3-4-11-21-15-7-5-14(6-8-15)12-17-10-9-16-18-13-19-20-16/h5-8,13,17H,2-4,9-12H2,1H3,(H,18,19,20). The Morgan fingerprint density at radius 3 is 2.76 bits per heavy atom. The molecule has 0 radical (unpaired) electrons. The number of aromatic amines is 1. The molecule has 2 N–H and O–H groups in total. The molecule has 1 heterocycles. The predicted molar refractivity (Wildman–Crippen MR) is 83.3 cm³/mol. The van der Waals surface area contributed by atoms with Crippen LogP contribution < -0.4 is 10.1 Å². The van der Waals surface area contributed by atoms with Gasteiger partial charge in [-0.3, -0.25) is 5.10 Å². The normalized spacial score (nSPS) is 10.7. The second-order valence-corrected chi connectivity index (χ2v) is 5.06. The summed E-state index contributed by atoms with van der Waals surface area (Å²) in [5.41, 5.74) is 1.26. The second kappa shape index (κ2) is 9.13. The maximum Gasteiger partial charge on any atom is 0.137 e. The van der Waals surface area contributed by atoms with Crippen molar-refractivity contribution in [3.05, 3.63) is 42.0 Å². The molecule has 21 heavy (non-hydrogen) atoms. The Balaban J connectivity index is 1.62. The molecule has 0 aliphatic carbocycles. The van der Waals surface area contributed by atoms with E-state index in [0.29, 0.717) is 0 Å². The average Bonchev–Trinajstić information content (AvgIpc) is 3.03. The maximum absolute atomic E-state index is 5.70. The van der Waals surface area contributed by atoms with E-state index in [0.717, 1.165) is 44.1 Å². The molecule has 0 saturated heterocycles. The molecule has 0 amide bonds. The SMILES string of the molecule is CCCCCOc1ccc(CNCCc2ncn[nH]2)cc1. The quantitative estimate of drug-likeness (QED) is 0.660. The van der Waals surface area contributed by atoms with E-state index in [4.69, 9.17) is 4.74 Å². The molecular formula is C16H24N4O. The van der Waals surface area contributed by atoms with Gasteiger partial charge in [-0.05, 0) is 24.1 Å². The fourth-order valence-electron chi connectivity index (χ4n) is 2.04. The molecule has 0 unspecified atom stereocenters. The summed E-state index contributed by atoms with van der Waals surface area (Å²) in [6, 6.07) is 8.30. The second-order valence-electron chi connectivity index (χ2n) is 5.06. The van der Waals surface area contributed by atoms with E-state index in [1.54, 1.807) is 0 Å². The van der Waals surface area contributed by atoms with E-state index in [1.165, 1.54) is 24.7 Å². The van der Waals surface area contributed by atoms with Crippen molar-refractivity contribution in [3.63, 3.8) is 0 Å². The van der Waals surface area contributed by atoms with Gasteiger partial charge in [0.25, 0.3) is 0 Å². The lowest BCUT2D eigenvalue weighted by molar-refractivity contribution is 0.306. The molecule has 0 aliphatic heterocycles. The van der Waals surface area contributed by atoms with E-state index in [1.807, 2.05) is 12.1 Å². The minimum absolute atomic E-state index is 0.808. The van der Waals surface area contributed by atoms with Gasteiger partial charge in [0.15, 0.2) is 0 Å². The number of hydrogen-bond donors (Lipinski definition) is 2. The van der Waals surface area contributed by atoms with Gasteiger partial charge < -0.3 is 10.1 Å². The van der Waals surface area contributed by atoms with E-state index in [-0.39, 0.29) is 0 Å². The lowest BCUT2D eigenvalue weighted by Gasteiger charge is -2.07. The maximum atomic E-state index is 5.70. The van der Waals surface area contributed by atoms with Crippen molar-refractivity contribution in [1.82, 2.24) is 20.5 Å². The average molecular weight is 288 g/mol. The third kappa shape index (κ3) is 5.95. The summed E-state index contributed by atoms with van der Waals surface area (Å²) in [6.07, 6.45) is 5.98. The predicted octanol–water partition coefficient (Wildman–Crippen LogP) is 2.71. The van der Waals surface area contributed by atoms with Crippen molar-refractivity contribution >= 4 is 0 Å². The molecule has 1 aromatic heterocycles. The first-order valence-corrected chi connectivity index (χ1v) is 7.65. The Labute approximate surface area is 126 Å². The third-order valence-electron chi connectivity index (χ3n) is 3.27. The Morgan fingerprint density at radius 2 is 2.05 bits per heavy atom. The van der Waals surface area contributed by atoms with Crippen molar-refractivity contribution in [3.8, 4) is 5.75 Å². The van der Waals surface area contributed by atoms with Crippen LogP contribution in [0, 0.1) is 0 Å². The highest BCUT2D eigenvalue weighted by atomic mass is 16.5. The third-order valence-corrected chi connectivity index (χ3v) is 3.27. The summed E-state index contributed by atoms with van der Waals surface area (Å²) in [7, 11) is 0. The number of aromatic nitrogens is 3. The van der Waals surface area contributed by atoms with Gasteiger partial charge in [-0.2, -0.15) is 5.10 Å². The Bertz CT molecular complexity index is 481. The van der Waals surface area contributed by atoms with E-state index >= 15 is 0 Å². The van der Waals surface area contributed by atoms with Crippen LogP contribution in [-0.2, 0) is 13.0 Å². The van der Waals surface area contributed by atoms with E-state index < -0.39 is 0 Å². The largest absolute Gasteiger partial charge is 0.494 e. The number of nitrogens with one attached hydrogen (secondary N) is 2. The summed E-state index contributed by atoms with van der Waals surface area (Å²) in [6.45, 7) is 4.74. The first-order chi connectivity index (χ1) is 10.4. The van der Waals surface area contributed by atoms with Gasteiger partial charge in [-0.1, -0.05) is 31.9 Å². The summed E-state index contributed by atoms with van der Waals surface area (Å²) in [5, 5.41) is 10.1. The number of unbranched alkanes of at least 4 members (excludes halogenated alkanes) is 2. The van der Waals surface area contributed by atoms with Crippen LogP contribution in [-0.4, -0.2) is 28.3 Å². The molecule has 0 aliphatic rings. The number of benzene rings is 1. The molecule has 2 aromatic rings. The van der Waals surface area contributed by atoms with Gasteiger partial charge in [0.1, 0.15) is 17.9 Å². The van der Waals surface area contributed by atoms with Gasteiger partial charge in [0.05, 0.1) is 6.61 Å². The molecule has 5 heteroatoms. The van der Waals surface area contributed by atoms with Crippen molar-refractivity contribution < 1.29 is 4.74 Å². The Morgan fingerprint density at radius 1 is 1.19 bits per heavy atom. The number of nitrogens with zero attached hydrogens (tertiary/aromatic N) is 2. The molecule has 0 atom stereocenters. The van der Waals surface area contributed by atoms with Crippen LogP contribution in [0.25, 0.3) is 0 Å².